The molecule has 1 nitrogen and oxygen atoms in total. The first-order valence-electron chi connectivity index (χ1n) is 7.45. The number of para-hydroxylation sites is 1. The minimum Gasteiger partial charge on any atom is -0.380 e. The predicted octanol–water partition coefficient (Wildman–Crippen LogP) is 5.33. The molecule has 0 atom stereocenters. The van der Waals surface area contributed by atoms with Gasteiger partial charge in [-0.3, -0.25) is 0 Å². The summed E-state index contributed by atoms with van der Waals surface area (Å²) in [5.74, 6) is 0. The third kappa shape index (κ3) is 3.57. The van der Waals surface area contributed by atoms with Crippen molar-refractivity contribution in [1.82, 2.24) is 0 Å². The lowest BCUT2D eigenvalue weighted by Gasteiger charge is -2.14. The van der Waals surface area contributed by atoms with Crippen molar-refractivity contribution in [3.05, 3.63) is 60.2 Å². The van der Waals surface area contributed by atoms with Crippen molar-refractivity contribution >= 4 is 17.4 Å². The number of anilines is 1. The quantitative estimate of drug-likeness (QED) is 0.795. The van der Waals surface area contributed by atoms with E-state index < -0.39 is 0 Å². The lowest BCUT2D eigenvalue weighted by Crippen LogP contribution is -2.02. The summed E-state index contributed by atoms with van der Waals surface area (Å²) in [6, 6.07) is 19.3. The molecule has 1 aliphatic carbocycles. The normalized spacial score (nSPS) is 15.4. The van der Waals surface area contributed by atoms with Crippen LogP contribution in [0, 0.1) is 0 Å². The Balaban J connectivity index is 1.66. The van der Waals surface area contributed by atoms with Gasteiger partial charge in [-0.1, -0.05) is 55.3 Å². The van der Waals surface area contributed by atoms with Crippen LogP contribution < -0.4 is 5.32 Å². The van der Waals surface area contributed by atoms with Crippen molar-refractivity contribution in [1.29, 1.82) is 0 Å². The average Bonchev–Trinajstić information content (AvgIpc) is 3.00. The van der Waals surface area contributed by atoms with Gasteiger partial charge in [0.1, 0.15) is 0 Å². The molecule has 20 heavy (non-hydrogen) atoms. The Morgan fingerprint density at radius 2 is 1.60 bits per heavy atom. The Morgan fingerprint density at radius 1 is 0.900 bits per heavy atom. The van der Waals surface area contributed by atoms with Crippen LogP contribution in [0.2, 0.25) is 0 Å². The van der Waals surface area contributed by atoms with E-state index in [0.717, 1.165) is 11.8 Å². The van der Waals surface area contributed by atoms with Crippen LogP contribution in [0.5, 0.6) is 0 Å². The summed E-state index contributed by atoms with van der Waals surface area (Å²) in [5.41, 5.74) is 2.60. The Labute approximate surface area is 125 Å². The molecule has 1 aliphatic rings. The Bertz CT molecular complexity index is 532. The van der Waals surface area contributed by atoms with Gasteiger partial charge in [-0.05, 0) is 30.5 Å². The summed E-state index contributed by atoms with van der Waals surface area (Å²) in [4.78, 5) is 1.40. The maximum absolute atomic E-state index is 3.58. The second-order valence-electron chi connectivity index (χ2n) is 5.36. The highest BCUT2D eigenvalue weighted by molar-refractivity contribution is 8.00. The molecular formula is C18H21NS. The molecule has 0 amide bonds. The molecule has 2 aromatic carbocycles. The van der Waals surface area contributed by atoms with Crippen LogP contribution in [0.3, 0.4) is 0 Å². The van der Waals surface area contributed by atoms with Crippen LogP contribution >= 0.6 is 11.8 Å². The third-order valence-corrected chi connectivity index (χ3v) is 5.22. The monoisotopic (exact) mass is 283 g/mol. The summed E-state index contributed by atoms with van der Waals surface area (Å²) in [6.45, 7) is 0.892. The number of nitrogens with one attached hydrogen (secondary N) is 1. The summed E-state index contributed by atoms with van der Waals surface area (Å²) in [7, 11) is 0. The smallest absolute Gasteiger partial charge is 0.0481 e. The largest absolute Gasteiger partial charge is 0.380 e. The summed E-state index contributed by atoms with van der Waals surface area (Å²) < 4.78 is 0. The molecule has 2 heteroatoms. The van der Waals surface area contributed by atoms with Crippen LogP contribution in [0.25, 0.3) is 0 Å². The Hall–Kier alpha value is -1.41. The average molecular weight is 283 g/mol. The van der Waals surface area contributed by atoms with E-state index in [2.05, 4.69) is 71.7 Å². The van der Waals surface area contributed by atoms with Crippen molar-refractivity contribution < 1.29 is 0 Å². The highest BCUT2D eigenvalue weighted by Gasteiger charge is 2.17. The van der Waals surface area contributed by atoms with Gasteiger partial charge in [-0.15, -0.1) is 11.8 Å². The zero-order chi connectivity index (χ0) is 13.6. The standard InChI is InChI=1S/C18H21NS/c1-2-8-15(9-3-1)14-19-17-12-6-7-13-18(17)20-16-10-4-5-11-16/h1-3,6-9,12-13,16,19H,4-5,10-11,14H2. The number of benzene rings is 2. The second kappa shape index (κ2) is 6.85. The number of thioether (sulfide) groups is 1. The number of hydrogen-bond acceptors (Lipinski definition) is 2. The maximum Gasteiger partial charge on any atom is 0.0481 e. The van der Waals surface area contributed by atoms with E-state index in [-0.39, 0.29) is 0 Å². The van der Waals surface area contributed by atoms with E-state index in [9.17, 15) is 0 Å². The van der Waals surface area contributed by atoms with Crippen LogP contribution in [0.4, 0.5) is 5.69 Å². The molecule has 2 aromatic rings. The molecule has 3 rings (SSSR count). The lowest BCUT2D eigenvalue weighted by atomic mass is 10.2. The van der Waals surface area contributed by atoms with E-state index >= 15 is 0 Å². The Morgan fingerprint density at radius 3 is 2.40 bits per heavy atom. The van der Waals surface area contributed by atoms with Gasteiger partial charge in [0.25, 0.3) is 0 Å². The summed E-state index contributed by atoms with van der Waals surface area (Å²) >= 11 is 2.05. The van der Waals surface area contributed by atoms with Gasteiger partial charge in [-0.2, -0.15) is 0 Å². The van der Waals surface area contributed by atoms with E-state index in [1.165, 1.54) is 41.8 Å². The number of hydrogen-bond donors (Lipinski definition) is 1. The van der Waals surface area contributed by atoms with Gasteiger partial charge >= 0.3 is 0 Å². The van der Waals surface area contributed by atoms with Crippen LogP contribution in [0.1, 0.15) is 31.2 Å². The molecule has 104 valence electrons. The van der Waals surface area contributed by atoms with Gasteiger partial charge in [0.05, 0.1) is 0 Å². The molecule has 0 aliphatic heterocycles. The SMILES string of the molecule is c1ccc(CNc2ccccc2SC2CCCC2)cc1. The van der Waals surface area contributed by atoms with Gasteiger partial charge in [0, 0.05) is 22.4 Å². The highest BCUT2D eigenvalue weighted by atomic mass is 32.2. The second-order valence-corrected chi connectivity index (χ2v) is 6.70. The number of rotatable bonds is 5. The van der Waals surface area contributed by atoms with Gasteiger partial charge < -0.3 is 5.32 Å². The molecule has 1 saturated carbocycles. The fourth-order valence-corrected chi connectivity index (χ4v) is 4.05. The molecule has 0 unspecified atom stereocenters. The van der Waals surface area contributed by atoms with Crippen LogP contribution in [-0.4, -0.2) is 5.25 Å². The van der Waals surface area contributed by atoms with Crippen molar-refractivity contribution in [3.8, 4) is 0 Å². The molecule has 0 bridgehead atoms. The molecule has 0 radical (unpaired) electrons. The molecule has 0 spiro atoms. The van der Waals surface area contributed by atoms with Crippen molar-refractivity contribution in [2.75, 3.05) is 5.32 Å². The predicted molar refractivity (Wildman–Crippen MR) is 88.3 cm³/mol. The first-order valence-corrected chi connectivity index (χ1v) is 8.33. The van der Waals surface area contributed by atoms with E-state index in [1.54, 1.807) is 0 Å². The summed E-state index contributed by atoms with van der Waals surface area (Å²) in [5, 5.41) is 4.40. The van der Waals surface area contributed by atoms with Crippen molar-refractivity contribution in [2.45, 2.75) is 42.4 Å². The minimum absolute atomic E-state index is 0.815. The first kappa shape index (κ1) is 13.6. The topological polar surface area (TPSA) is 12.0 Å². The van der Waals surface area contributed by atoms with Crippen LogP contribution in [0.15, 0.2) is 59.5 Å². The zero-order valence-electron chi connectivity index (χ0n) is 11.7. The molecular weight excluding hydrogens is 262 g/mol. The van der Waals surface area contributed by atoms with Crippen LogP contribution in [-0.2, 0) is 6.54 Å². The van der Waals surface area contributed by atoms with Gasteiger partial charge in [0.2, 0.25) is 0 Å². The Kier molecular flexibility index (Phi) is 4.65. The van der Waals surface area contributed by atoms with E-state index in [4.69, 9.17) is 0 Å². The summed E-state index contributed by atoms with van der Waals surface area (Å²) in [6.07, 6.45) is 5.55. The molecule has 0 heterocycles. The van der Waals surface area contributed by atoms with Crippen molar-refractivity contribution in [2.24, 2.45) is 0 Å². The molecule has 1 fully saturated rings. The minimum atomic E-state index is 0.815. The van der Waals surface area contributed by atoms with Gasteiger partial charge in [-0.25, -0.2) is 0 Å². The molecule has 0 saturated heterocycles. The van der Waals surface area contributed by atoms with Crippen molar-refractivity contribution in [3.63, 3.8) is 0 Å². The van der Waals surface area contributed by atoms with E-state index in [0.29, 0.717) is 0 Å². The fraction of sp³-hybridized carbons (Fsp3) is 0.333. The molecule has 0 aromatic heterocycles. The third-order valence-electron chi connectivity index (χ3n) is 3.81. The molecule has 1 N–H and O–H groups in total. The fourth-order valence-electron chi connectivity index (χ4n) is 2.69. The highest BCUT2D eigenvalue weighted by Crippen LogP contribution is 2.38. The first-order chi connectivity index (χ1) is 9.92. The zero-order valence-corrected chi connectivity index (χ0v) is 12.5. The van der Waals surface area contributed by atoms with E-state index in [1.807, 2.05) is 0 Å². The van der Waals surface area contributed by atoms with Gasteiger partial charge in [0.15, 0.2) is 0 Å². The lowest BCUT2D eigenvalue weighted by molar-refractivity contribution is 0.886. The maximum atomic E-state index is 3.58.